The van der Waals surface area contributed by atoms with E-state index in [1.54, 1.807) is 6.07 Å². The Balaban J connectivity index is 1.69. The van der Waals surface area contributed by atoms with Crippen molar-refractivity contribution in [1.82, 2.24) is 19.7 Å². The minimum Gasteiger partial charge on any atom is -0.458 e. The van der Waals surface area contributed by atoms with Crippen LogP contribution in [0.15, 0.2) is 34.7 Å². The molecule has 1 aromatic carbocycles. The van der Waals surface area contributed by atoms with Gasteiger partial charge in [0.05, 0.1) is 6.54 Å². The van der Waals surface area contributed by atoms with Crippen molar-refractivity contribution in [2.24, 2.45) is 0 Å². The SMILES string of the molecule is Cc1ccc(-c2nnc(N3CCCN(C(C)(C)C)CC3)n2Cc2ccc(F)c(F)c2)o1. The zero-order valence-corrected chi connectivity index (χ0v) is 18.5. The summed E-state index contributed by atoms with van der Waals surface area (Å²) in [4.78, 5) is 4.69. The zero-order chi connectivity index (χ0) is 22.2. The lowest BCUT2D eigenvalue weighted by atomic mass is 10.1. The van der Waals surface area contributed by atoms with E-state index in [-0.39, 0.29) is 5.54 Å². The second-order valence-corrected chi connectivity index (χ2v) is 9.07. The van der Waals surface area contributed by atoms with Gasteiger partial charge in [-0.2, -0.15) is 0 Å². The van der Waals surface area contributed by atoms with E-state index in [2.05, 4.69) is 40.8 Å². The second kappa shape index (κ2) is 8.42. The van der Waals surface area contributed by atoms with Gasteiger partial charge in [0.25, 0.3) is 0 Å². The maximum absolute atomic E-state index is 13.8. The van der Waals surface area contributed by atoms with E-state index < -0.39 is 11.6 Å². The van der Waals surface area contributed by atoms with Crippen LogP contribution in [-0.4, -0.2) is 51.4 Å². The van der Waals surface area contributed by atoms with Crippen molar-refractivity contribution >= 4 is 5.95 Å². The Morgan fingerprint density at radius 3 is 2.45 bits per heavy atom. The summed E-state index contributed by atoms with van der Waals surface area (Å²) in [6.45, 7) is 12.5. The molecule has 0 unspecified atom stereocenters. The zero-order valence-electron chi connectivity index (χ0n) is 18.5. The smallest absolute Gasteiger partial charge is 0.227 e. The minimum atomic E-state index is -0.863. The van der Waals surface area contributed by atoms with Gasteiger partial charge in [-0.3, -0.25) is 9.47 Å². The van der Waals surface area contributed by atoms with Gasteiger partial charge in [-0.1, -0.05) is 6.07 Å². The van der Waals surface area contributed by atoms with E-state index in [1.165, 1.54) is 6.07 Å². The van der Waals surface area contributed by atoms with Gasteiger partial charge in [0.15, 0.2) is 17.4 Å². The van der Waals surface area contributed by atoms with E-state index in [0.717, 1.165) is 44.4 Å². The van der Waals surface area contributed by atoms with Crippen LogP contribution in [0.5, 0.6) is 0 Å². The second-order valence-electron chi connectivity index (χ2n) is 9.07. The fourth-order valence-electron chi connectivity index (χ4n) is 4.02. The standard InChI is InChI=1S/C23H29F2N5O/c1-16-6-9-20(31-16)21-26-27-22(28-10-5-11-29(13-12-28)23(2,3)4)30(21)15-17-7-8-18(24)19(25)14-17/h6-9,14H,5,10-13,15H2,1-4H3. The summed E-state index contributed by atoms with van der Waals surface area (Å²) in [6, 6.07) is 7.69. The van der Waals surface area contributed by atoms with Crippen LogP contribution in [0, 0.1) is 18.6 Å². The van der Waals surface area contributed by atoms with Crippen molar-refractivity contribution in [3.63, 3.8) is 0 Å². The van der Waals surface area contributed by atoms with Crippen molar-refractivity contribution in [2.75, 3.05) is 31.1 Å². The van der Waals surface area contributed by atoms with Crippen LogP contribution >= 0.6 is 0 Å². The van der Waals surface area contributed by atoms with E-state index >= 15 is 0 Å². The van der Waals surface area contributed by atoms with Crippen molar-refractivity contribution in [3.8, 4) is 11.6 Å². The van der Waals surface area contributed by atoms with E-state index in [1.807, 2.05) is 23.6 Å². The Hall–Kier alpha value is -2.74. The Bertz CT molecular complexity index is 1050. The molecule has 1 aliphatic heterocycles. The normalized spacial score (nSPS) is 16.0. The van der Waals surface area contributed by atoms with Gasteiger partial charge in [-0.15, -0.1) is 10.2 Å². The van der Waals surface area contributed by atoms with Gasteiger partial charge >= 0.3 is 0 Å². The van der Waals surface area contributed by atoms with Gasteiger partial charge in [0.2, 0.25) is 11.8 Å². The molecule has 1 aliphatic rings. The van der Waals surface area contributed by atoms with Crippen LogP contribution in [-0.2, 0) is 6.54 Å². The molecule has 166 valence electrons. The fraction of sp³-hybridized carbons (Fsp3) is 0.478. The third-order valence-electron chi connectivity index (χ3n) is 5.74. The van der Waals surface area contributed by atoms with Crippen molar-refractivity contribution < 1.29 is 13.2 Å². The summed E-state index contributed by atoms with van der Waals surface area (Å²) in [5.74, 6) is 0.941. The van der Waals surface area contributed by atoms with Crippen LogP contribution in [0.25, 0.3) is 11.6 Å². The number of hydrogen-bond donors (Lipinski definition) is 0. The summed E-state index contributed by atoms with van der Waals surface area (Å²) in [5.41, 5.74) is 0.738. The minimum absolute atomic E-state index is 0.103. The highest BCUT2D eigenvalue weighted by molar-refractivity contribution is 5.52. The number of furan rings is 1. The lowest BCUT2D eigenvalue weighted by Crippen LogP contribution is -2.43. The first kappa shape index (κ1) is 21.5. The molecule has 0 radical (unpaired) electrons. The molecule has 0 saturated carbocycles. The Morgan fingerprint density at radius 1 is 0.968 bits per heavy atom. The average Bonchev–Trinajstić information content (AvgIpc) is 3.21. The number of hydrogen-bond acceptors (Lipinski definition) is 5. The number of aromatic nitrogens is 3. The highest BCUT2D eigenvalue weighted by Gasteiger charge is 2.27. The highest BCUT2D eigenvalue weighted by atomic mass is 19.2. The molecule has 0 amide bonds. The molecule has 3 aromatic rings. The summed E-state index contributed by atoms with van der Waals surface area (Å²) < 4.78 is 35.0. The molecule has 8 heteroatoms. The van der Waals surface area contributed by atoms with Gasteiger partial charge in [0, 0.05) is 31.7 Å². The Morgan fingerprint density at radius 2 is 1.77 bits per heavy atom. The lowest BCUT2D eigenvalue weighted by Gasteiger charge is -2.34. The molecule has 0 aliphatic carbocycles. The number of halogens is 2. The summed E-state index contributed by atoms with van der Waals surface area (Å²) in [5, 5.41) is 8.89. The number of aryl methyl sites for hydroxylation is 1. The predicted molar refractivity (Wildman–Crippen MR) is 116 cm³/mol. The quantitative estimate of drug-likeness (QED) is 0.612. The molecule has 3 heterocycles. The van der Waals surface area contributed by atoms with E-state index in [0.29, 0.717) is 29.6 Å². The van der Waals surface area contributed by atoms with Crippen molar-refractivity contribution in [3.05, 3.63) is 53.3 Å². The van der Waals surface area contributed by atoms with Crippen LogP contribution in [0.4, 0.5) is 14.7 Å². The lowest BCUT2D eigenvalue weighted by molar-refractivity contribution is 0.148. The Kier molecular flexibility index (Phi) is 5.83. The van der Waals surface area contributed by atoms with E-state index in [9.17, 15) is 8.78 Å². The summed E-state index contributed by atoms with van der Waals surface area (Å²) in [6.07, 6.45) is 1.00. The maximum atomic E-state index is 13.8. The van der Waals surface area contributed by atoms with Crippen LogP contribution in [0.1, 0.15) is 38.5 Å². The maximum Gasteiger partial charge on any atom is 0.227 e. The molecule has 2 aromatic heterocycles. The third-order valence-corrected chi connectivity index (χ3v) is 5.74. The largest absolute Gasteiger partial charge is 0.458 e. The molecule has 4 rings (SSSR count). The topological polar surface area (TPSA) is 50.3 Å². The van der Waals surface area contributed by atoms with E-state index in [4.69, 9.17) is 4.42 Å². The fourth-order valence-corrected chi connectivity index (χ4v) is 4.02. The molecule has 0 atom stereocenters. The van der Waals surface area contributed by atoms with Crippen LogP contribution in [0.2, 0.25) is 0 Å². The van der Waals surface area contributed by atoms with Crippen molar-refractivity contribution in [1.29, 1.82) is 0 Å². The molecule has 31 heavy (non-hydrogen) atoms. The van der Waals surface area contributed by atoms with Gasteiger partial charge in [-0.05, 0) is 63.9 Å². The highest BCUT2D eigenvalue weighted by Crippen LogP contribution is 2.27. The van der Waals surface area contributed by atoms with Gasteiger partial charge in [-0.25, -0.2) is 8.78 Å². The number of anilines is 1. The van der Waals surface area contributed by atoms with Crippen molar-refractivity contribution in [2.45, 2.75) is 46.2 Å². The molecule has 1 saturated heterocycles. The monoisotopic (exact) mass is 429 g/mol. The summed E-state index contributed by atoms with van der Waals surface area (Å²) in [7, 11) is 0. The Labute approximate surface area is 181 Å². The van der Waals surface area contributed by atoms with Crippen LogP contribution in [0.3, 0.4) is 0 Å². The number of benzene rings is 1. The molecule has 1 fully saturated rings. The first-order valence-corrected chi connectivity index (χ1v) is 10.7. The number of nitrogens with zero attached hydrogens (tertiary/aromatic N) is 5. The molecule has 6 nitrogen and oxygen atoms in total. The molecular formula is C23H29F2N5O. The summed E-state index contributed by atoms with van der Waals surface area (Å²) >= 11 is 0. The third kappa shape index (κ3) is 4.63. The first-order valence-electron chi connectivity index (χ1n) is 10.7. The first-order chi connectivity index (χ1) is 14.7. The molecule has 0 N–H and O–H groups in total. The molecule has 0 bridgehead atoms. The molecule has 0 spiro atoms. The van der Waals surface area contributed by atoms with Gasteiger partial charge < -0.3 is 9.32 Å². The predicted octanol–water partition coefficient (Wildman–Crippen LogP) is 4.48. The van der Waals surface area contributed by atoms with Crippen LogP contribution < -0.4 is 4.90 Å². The number of rotatable bonds is 4. The average molecular weight is 430 g/mol. The molecular weight excluding hydrogens is 400 g/mol. The van der Waals surface area contributed by atoms with Gasteiger partial charge in [0.1, 0.15) is 5.76 Å².